The maximum Gasteiger partial charge on any atom is 0.226 e. The Kier molecular flexibility index (Phi) is 3.46. The zero-order valence-electron chi connectivity index (χ0n) is 11.1. The van der Waals surface area contributed by atoms with Crippen LogP contribution in [0.4, 0.5) is 8.78 Å². The largest absolute Gasteiger partial charge is 0.394 e. The zero-order valence-corrected chi connectivity index (χ0v) is 11.1. The lowest BCUT2D eigenvalue weighted by molar-refractivity contribution is -0.134. The van der Waals surface area contributed by atoms with Gasteiger partial charge in [0.1, 0.15) is 11.6 Å². The lowest BCUT2D eigenvalue weighted by atomic mass is 10.1. The summed E-state index contributed by atoms with van der Waals surface area (Å²) >= 11 is 0. The van der Waals surface area contributed by atoms with Crippen molar-refractivity contribution in [1.82, 2.24) is 4.90 Å². The number of amides is 1. The highest BCUT2D eigenvalue weighted by Crippen LogP contribution is 2.49. The number of hydrogen-bond acceptors (Lipinski definition) is 2. The molecule has 2 aliphatic rings. The van der Waals surface area contributed by atoms with E-state index in [1.165, 1.54) is 12.1 Å². The van der Waals surface area contributed by atoms with Gasteiger partial charge in [-0.15, -0.1) is 0 Å². The van der Waals surface area contributed by atoms with E-state index in [0.717, 1.165) is 18.9 Å². The SMILES string of the molecule is O=C([C@@H]1C[C@H]1c1ccc(F)cc1F)N1CCC[C@@H]1CO. The summed E-state index contributed by atoms with van der Waals surface area (Å²) in [6.07, 6.45) is 2.33. The number of benzene rings is 1. The molecule has 0 radical (unpaired) electrons. The molecule has 1 N–H and O–H groups in total. The van der Waals surface area contributed by atoms with Crippen LogP contribution in [0.25, 0.3) is 0 Å². The van der Waals surface area contributed by atoms with Gasteiger partial charge in [-0.1, -0.05) is 6.07 Å². The smallest absolute Gasteiger partial charge is 0.226 e. The first kappa shape index (κ1) is 13.5. The van der Waals surface area contributed by atoms with E-state index >= 15 is 0 Å². The number of aliphatic hydroxyl groups excluding tert-OH is 1. The third-order valence-electron chi connectivity index (χ3n) is 4.34. The molecule has 1 saturated heterocycles. The van der Waals surface area contributed by atoms with Gasteiger partial charge in [-0.2, -0.15) is 0 Å². The van der Waals surface area contributed by atoms with Crippen molar-refractivity contribution >= 4 is 5.91 Å². The summed E-state index contributed by atoms with van der Waals surface area (Å²) in [5, 5.41) is 9.25. The summed E-state index contributed by atoms with van der Waals surface area (Å²) in [6.45, 7) is 0.646. The molecule has 1 aromatic carbocycles. The van der Waals surface area contributed by atoms with Crippen LogP contribution in [0.2, 0.25) is 0 Å². The van der Waals surface area contributed by atoms with Gasteiger partial charge in [-0.25, -0.2) is 8.78 Å². The topological polar surface area (TPSA) is 40.5 Å². The van der Waals surface area contributed by atoms with E-state index in [1.54, 1.807) is 4.90 Å². The fraction of sp³-hybridized carbons (Fsp3) is 0.533. The minimum atomic E-state index is -0.602. The molecule has 2 fully saturated rings. The number of likely N-dealkylation sites (tertiary alicyclic amines) is 1. The van der Waals surface area contributed by atoms with Gasteiger partial charge in [-0.05, 0) is 36.8 Å². The molecule has 1 aromatic rings. The van der Waals surface area contributed by atoms with Crippen molar-refractivity contribution in [2.75, 3.05) is 13.2 Å². The maximum absolute atomic E-state index is 13.7. The van der Waals surface area contributed by atoms with E-state index in [-0.39, 0.29) is 30.4 Å². The number of halogens is 2. The third-order valence-corrected chi connectivity index (χ3v) is 4.34. The fourth-order valence-corrected chi connectivity index (χ4v) is 3.14. The number of aliphatic hydroxyl groups is 1. The standard InChI is InChI=1S/C15H17F2NO2/c16-9-3-4-11(14(17)6-9)12-7-13(12)15(20)18-5-1-2-10(18)8-19/h3-4,6,10,12-13,19H,1-2,5,7-8H2/t10-,12+,13-/m1/s1. The van der Waals surface area contributed by atoms with Crippen LogP contribution in [0.3, 0.4) is 0 Å². The molecule has 1 amide bonds. The Morgan fingerprint density at radius 1 is 1.40 bits per heavy atom. The number of rotatable bonds is 3. The van der Waals surface area contributed by atoms with Gasteiger partial charge in [0, 0.05) is 18.5 Å². The molecule has 3 nitrogen and oxygen atoms in total. The van der Waals surface area contributed by atoms with Gasteiger partial charge < -0.3 is 10.0 Å². The van der Waals surface area contributed by atoms with Crippen molar-refractivity contribution in [3.63, 3.8) is 0 Å². The predicted molar refractivity (Wildman–Crippen MR) is 69.0 cm³/mol. The van der Waals surface area contributed by atoms with E-state index < -0.39 is 11.6 Å². The Labute approximate surface area is 116 Å². The molecule has 5 heteroatoms. The Morgan fingerprint density at radius 2 is 2.20 bits per heavy atom. The van der Waals surface area contributed by atoms with E-state index in [9.17, 15) is 18.7 Å². The summed E-state index contributed by atoms with van der Waals surface area (Å²) < 4.78 is 26.6. The first-order chi connectivity index (χ1) is 9.61. The average Bonchev–Trinajstić information content (AvgIpc) is 3.06. The van der Waals surface area contributed by atoms with E-state index in [1.807, 2.05) is 0 Å². The van der Waals surface area contributed by atoms with Crippen LogP contribution in [0.15, 0.2) is 18.2 Å². The van der Waals surface area contributed by atoms with Crippen LogP contribution in [-0.4, -0.2) is 35.1 Å². The Morgan fingerprint density at radius 3 is 2.90 bits per heavy atom. The molecule has 20 heavy (non-hydrogen) atoms. The molecule has 1 saturated carbocycles. The molecule has 0 aromatic heterocycles. The van der Waals surface area contributed by atoms with Crippen molar-refractivity contribution in [3.8, 4) is 0 Å². The molecule has 1 heterocycles. The second-order valence-corrected chi connectivity index (χ2v) is 5.62. The Balaban J connectivity index is 1.71. The van der Waals surface area contributed by atoms with Crippen LogP contribution in [0, 0.1) is 17.6 Å². The molecule has 3 atom stereocenters. The molecule has 3 rings (SSSR count). The normalized spacial score (nSPS) is 28.8. The average molecular weight is 281 g/mol. The van der Waals surface area contributed by atoms with E-state index in [0.29, 0.717) is 18.5 Å². The lowest BCUT2D eigenvalue weighted by Crippen LogP contribution is -2.38. The van der Waals surface area contributed by atoms with Gasteiger partial charge in [-0.3, -0.25) is 4.79 Å². The highest BCUT2D eigenvalue weighted by atomic mass is 19.1. The molecule has 0 bridgehead atoms. The maximum atomic E-state index is 13.7. The molecular formula is C15H17F2NO2. The van der Waals surface area contributed by atoms with Gasteiger partial charge >= 0.3 is 0 Å². The zero-order chi connectivity index (χ0) is 14.3. The minimum absolute atomic E-state index is 0.00437. The molecule has 1 aliphatic carbocycles. The third kappa shape index (κ3) is 2.30. The summed E-state index contributed by atoms with van der Waals surface area (Å²) in [6, 6.07) is 3.42. The predicted octanol–water partition coefficient (Wildman–Crippen LogP) is 2.05. The molecule has 1 aliphatic heterocycles. The number of carbonyl (C=O) groups is 1. The van der Waals surface area contributed by atoms with Crippen molar-refractivity contribution < 1.29 is 18.7 Å². The monoisotopic (exact) mass is 281 g/mol. The van der Waals surface area contributed by atoms with Crippen LogP contribution in [0.1, 0.15) is 30.7 Å². The first-order valence-electron chi connectivity index (χ1n) is 6.98. The van der Waals surface area contributed by atoms with Crippen LogP contribution in [0.5, 0.6) is 0 Å². The number of carbonyl (C=O) groups excluding carboxylic acids is 1. The first-order valence-corrected chi connectivity index (χ1v) is 6.98. The Bertz CT molecular complexity index is 535. The summed E-state index contributed by atoms with van der Waals surface area (Å²) in [5.74, 6) is -1.56. The lowest BCUT2D eigenvalue weighted by Gasteiger charge is -2.23. The van der Waals surface area contributed by atoms with Crippen LogP contribution >= 0.6 is 0 Å². The van der Waals surface area contributed by atoms with E-state index in [4.69, 9.17) is 0 Å². The van der Waals surface area contributed by atoms with Gasteiger partial charge in [0.2, 0.25) is 5.91 Å². The molecule has 108 valence electrons. The summed E-state index contributed by atoms with van der Waals surface area (Å²) in [5.41, 5.74) is 0.421. The van der Waals surface area contributed by atoms with Gasteiger partial charge in [0.25, 0.3) is 0 Å². The number of nitrogens with zero attached hydrogens (tertiary/aromatic N) is 1. The quantitative estimate of drug-likeness (QED) is 0.921. The van der Waals surface area contributed by atoms with Crippen molar-refractivity contribution in [2.45, 2.75) is 31.2 Å². The van der Waals surface area contributed by atoms with Crippen molar-refractivity contribution in [1.29, 1.82) is 0 Å². The Hall–Kier alpha value is -1.49. The van der Waals surface area contributed by atoms with Crippen molar-refractivity contribution in [3.05, 3.63) is 35.4 Å². The molecule has 0 unspecified atom stereocenters. The van der Waals surface area contributed by atoms with Gasteiger partial charge in [0.15, 0.2) is 0 Å². The van der Waals surface area contributed by atoms with Gasteiger partial charge in [0.05, 0.1) is 12.6 Å². The van der Waals surface area contributed by atoms with Crippen LogP contribution in [-0.2, 0) is 4.79 Å². The van der Waals surface area contributed by atoms with Crippen molar-refractivity contribution in [2.24, 2.45) is 5.92 Å². The summed E-state index contributed by atoms with van der Waals surface area (Å²) in [7, 11) is 0. The minimum Gasteiger partial charge on any atom is -0.394 e. The number of hydrogen-bond donors (Lipinski definition) is 1. The molecular weight excluding hydrogens is 264 g/mol. The van der Waals surface area contributed by atoms with Crippen LogP contribution < -0.4 is 0 Å². The second-order valence-electron chi connectivity index (χ2n) is 5.62. The van der Waals surface area contributed by atoms with E-state index in [2.05, 4.69) is 0 Å². The second kappa shape index (κ2) is 5.13. The highest BCUT2D eigenvalue weighted by Gasteiger charge is 2.48. The highest BCUT2D eigenvalue weighted by molar-refractivity contribution is 5.83. The molecule has 0 spiro atoms. The fourth-order valence-electron chi connectivity index (χ4n) is 3.14. The summed E-state index contributed by atoms with van der Waals surface area (Å²) in [4.78, 5) is 14.1.